The van der Waals surface area contributed by atoms with Crippen LogP contribution in [0.15, 0.2) is 78.7 Å². The molecule has 2 aromatic carbocycles. The number of esters is 1. The van der Waals surface area contributed by atoms with Gasteiger partial charge in [0.25, 0.3) is 0 Å². The molecule has 1 aliphatic heterocycles. The minimum absolute atomic E-state index is 0.0164. The number of aromatic nitrogens is 2. The third kappa shape index (κ3) is 5.20. The Morgan fingerprint density at radius 2 is 2.03 bits per heavy atom. The van der Waals surface area contributed by atoms with Gasteiger partial charge >= 0.3 is 17.7 Å². The Morgan fingerprint density at radius 1 is 1.27 bits per heavy atom. The number of carbonyl (C=O) groups excluding carboxylic acids is 2. The summed E-state index contributed by atoms with van der Waals surface area (Å²) in [6, 6.07) is 12.3. The summed E-state index contributed by atoms with van der Waals surface area (Å²) in [6.45, 7) is 7.14. The van der Waals surface area contributed by atoms with Gasteiger partial charge in [0.1, 0.15) is 6.61 Å². The van der Waals surface area contributed by atoms with Gasteiger partial charge in [-0.05, 0) is 38.1 Å². The number of urea groups is 1. The van der Waals surface area contributed by atoms with Crippen LogP contribution in [-0.4, -0.2) is 39.9 Å². The lowest BCUT2D eigenvalue weighted by atomic mass is 9.93. The predicted molar refractivity (Wildman–Crippen MR) is 135 cm³/mol. The van der Waals surface area contributed by atoms with Crippen LogP contribution in [0, 0.1) is 10.1 Å². The zero-order valence-corrected chi connectivity index (χ0v) is 20.3. The summed E-state index contributed by atoms with van der Waals surface area (Å²) >= 11 is 0. The van der Waals surface area contributed by atoms with Crippen LogP contribution in [0.1, 0.15) is 25.5 Å². The normalized spacial score (nSPS) is 15.0. The molecule has 11 nitrogen and oxygen atoms in total. The lowest BCUT2D eigenvalue weighted by molar-refractivity contribution is -0.385. The number of nitro groups is 1. The number of amides is 2. The average molecular weight is 504 g/mol. The van der Waals surface area contributed by atoms with Gasteiger partial charge in [-0.3, -0.25) is 10.1 Å². The Hall–Kier alpha value is -4.93. The first-order valence-corrected chi connectivity index (χ1v) is 11.5. The maximum atomic E-state index is 13.0. The molecule has 1 aromatic heterocycles. The second-order valence-electron chi connectivity index (χ2n) is 8.04. The maximum Gasteiger partial charge on any atom is 0.338 e. The number of hydrogen-bond donors (Lipinski definition) is 2. The lowest BCUT2D eigenvalue weighted by Crippen LogP contribution is -2.45. The monoisotopic (exact) mass is 503 g/mol. The summed E-state index contributed by atoms with van der Waals surface area (Å²) in [5.74, 6) is -0.522. The number of para-hydroxylation sites is 1. The minimum atomic E-state index is -0.941. The number of rotatable bonds is 9. The molecular formula is C26H25N5O6. The van der Waals surface area contributed by atoms with E-state index in [2.05, 4.69) is 17.2 Å². The Labute approximate surface area is 212 Å². The number of ether oxygens (including phenoxy) is 2. The highest BCUT2D eigenvalue weighted by molar-refractivity contribution is 5.95. The van der Waals surface area contributed by atoms with Crippen LogP contribution in [0.5, 0.6) is 5.75 Å². The zero-order valence-electron chi connectivity index (χ0n) is 20.3. The van der Waals surface area contributed by atoms with Crippen molar-refractivity contribution in [2.24, 2.45) is 0 Å². The van der Waals surface area contributed by atoms with Gasteiger partial charge in [0.15, 0.2) is 5.75 Å². The molecule has 0 fully saturated rings. The van der Waals surface area contributed by atoms with E-state index >= 15 is 0 Å². The molecule has 4 rings (SSSR count). The predicted octanol–water partition coefficient (Wildman–Crippen LogP) is 4.20. The number of benzene rings is 2. The van der Waals surface area contributed by atoms with Crippen molar-refractivity contribution in [1.29, 1.82) is 0 Å². The molecule has 0 unspecified atom stereocenters. The zero-order chi connectivity index (χ0) is 26.5. The molecule has 0 saturated carbocycles. The summed E-state index contributed by atoms with van der Waals surface area (Å²) in [6.07, 6.45) is 3.12. The summed E-state index contributed by atoms with van der Waals surface area (Å²) in [7, 11) is 0. The van der Waals surface area contributed by atoms with Crippen molar-refractivity contribution < 1.29 is 24.0 Å². The highest BCUT2D eigenvalue weighted by atomic mass is 16.6. The second kappa shape index (κ2) is 10.8. The van der Waals surface area contributed by atoms with Crippen molar-refractivity contribution in [3.8, 4) is 22.7 Å². The number of nitrogens with zero attached hydrogens (tertiary/aromatic N) is 3. The van der Waals surface area contributed by atoms with Crippen LogP contribution in [0.3, 0.4) is 0 Å². The number of nitrogens with one attached hydrogen (secondary N) is 2. The van der Waals surface area contributed by atoms with E-state index in [4.69, 9.17) is 14.6 Å². The summed E-state index contributed by atoms with van der Waals surface area (Å²) in [4.78, 5) is 36.7. The fraction of sp³-hybridized carbons (Fsp3) is 0.192. The highest BCUT2D eigenvalue weighted by Crippen LogP contribution is 2.38. The smallest absolute Gasteiger partial charge is 0.338 e. The quantitative estimate of drug-likeness (QED) is 0.193. The molecule has 0 radical (unpaired) electrons. The van der Waals surface area contributed by atoms with Gasteiger partial charge in [0.2, 0.25) is 0 Å². The van der Waals surface area contributed by atoms with Crippen LogP contribution < -0.4 is 15.4 Å². The second-order valence-corrected chi connectivity index (χ2v) is 8.04. The number of carbonyl (C=O) groups is 2. The van der Waals surface area contributed by atoms with Gasteiger partial charge in [0, 0.05) is 29.1 Å². The van der Waals surface area contributed by atoms with E-state index in [0.717, 1.165) is 0 Å². The molecule has 0 saturated heterocycles. The van der Waals surface area contributed by atoms with E-state index in [0.29, 0.717) is 28.2 Å². The topological polar surface area (TPSA) is 138 Å². The SMILES string of the molecule is C=CCOC(=O)C1=C(C)NC(=O)N[C@@H]1c1cn(-c2ccccc2)nc1-c1ccc(OCC)c([N+](=O)[O-])c1. The van der Waals surface area contributed by atoms with Crippen molar-refractivity contribution in [3.63, 3.8) is 0 Å². The molecule has 2 amide bonds. The molecule has 190 valence electrons. The van der Waals surface area contributed by atoms with Crippen LogP contribution in [0.2, 0.25) is 0 Å². The van der Waals surface area contributed by atoms with Crippen LogP contribution in [0.4, 0.5) is 10.5 Å². The van der Waals surface area contributed by atoms with Gasteiger partial charge in [-0.1, -0.05) is 30.9 Å². The van der Waals surface area contributed by atoms with E-state index in [1.54, 1.807) is 30.8 Å². The first kappa shape index (κ1) is 25.2. The standard InChI is InChI=1S/C26H25N5O6/c1-4-13-37-25(32)22-16(3)27-26(33)28-24(22)19-15-30(18-9-7-6-8-10-18)29-23(19)17-11-12-21(36-5-2)20(14-17)31(34)35/h4,6-12,14-15,24H,1,5,13H2,2-3H3,(H2,27,28,33)/t24-/m1/s1. The Balaban J connectivity index is 1.92. The molecule has 37 heavy (non-hydrogen) atoms. The molecule has 1 aliphatic rings. The van der Waals surface area contributed by atoms with E-state index in [-0.39, 0.29) is 30.2 Å². The van der Waals surface area contributed by atoms with Gasteiger partial charge in [-0.25, -0.2) is 14.3 Å². The van der Waals surface area contributed by atoms with E-state index in [1.807, 2.05) is 30.3 Å². The lowest BCUT2D eigenvalue weighted by Gasteiger charge is -2.27. The largest absolute Gasteiger partial charge is 0.487 e. The average Bonchev–Trinajstić information content (AvgIpc) is 3.33. The Morgan fingerprint density at radius 3 is 2.70 bits per heavy atom. The number of allylic oxidation sites excluding steroid dienone is 1. The van der Waals surface area contributed by atoms with Crippen LogP contribution in [-0.2, 0) is 9.53 Å². The van der Waals surface area contributed by atoms with E-state index in [1.165, 1.54) is 18.2 Å². The van der Waals surface area contributed by atoms with Crippen molar-refractivity contribution in [2.75, 3.05) is 13.2 Å². The van der Waals surface area contributed by atoms with E-state index < -0.39 is 23.0 Å². The highest BCUT2D eigenvalue weighted by Gasteiger charge is 2.35. The summed E-state index contributed by atoms with van der Waals surface area (Å²) < 4.78 is 12.3. The molecule has 2 heterocycles. The van der Waals surface area contributed by atoms with Crippen molar-refractivity contribution in [3.05, 3.63) is 94.3 Å². The Bertz CT molecular complexity index is 1400. The molecule has 0 bridgehead atoms. The Kier molecular flexibility index (Phi) is 7.33. The van der Waals surface area contributed by atoms with E-state index in [9.17, 15) is 19.7 Å². The summed E-state index contributed by atoms with van der Waals surface area (Å²) in [5, 5.41) is 21.8. The van der Waals surface area contributed by atoms with Gasteiger partial charge in [-0.15, -0.1) is 0 Å². The number of nitro benzene ring substituents is 1. The molecule has 1 atom stereocenters. The molecular weight excluding hydrogens is 478 g/mol. The van der Waals surface area contributed by atoms with Gasteiger partial charge in [-0.2, -0.15) is 5.10 Å². The van der Waals surface area contributed by atoms with Crippen LogP contribution in [0.25, 0.3) is 16.9 Å². The first-order chi connectivity index (χ1) is 17.8. The van der Waals surface area contributed by atoms with Crippen molar-refractivity contribution >= 4 is 17.7 Å². The molecule has 0 aliphatic carbocycles. The number of hydrogen-bond acceptors (Lipinski definition) is 7. The third-order valence-electron chi connectivity index (χ3n) is 5.62. The fourth-order valence-corrected chi connectivity index (χ4v) is 4.03. The molecule has 0 spiro atoms. The summed E-state index contributed by atoms with van der Waals surface area (Å²) in [5.41, 5.74) is 2.17. The van der Waals surface area contributed by atoms with Crippen molar-refractivity contribution in [1.82, 2.24) is 20.4 Å². The molecule has 11 heteroatoms. The first-order valence-electron chi connectivity index (χ1n) is 11.5. The van der Waals surface area contributed by atoms with Gasteiger partial charge in [0.05, 0.1) is 34.5 Å². The fourth-order valence-electron chi connectivity index (χ4n) is 4.03. The third-order valence-corrected chi connectivity index (χ3v) is 5.62. The molecule has 3 aromatic rings. The van der Waals surface area contributed by atoms with Crippen molar-refractivity contribution in [2.45, 2.75) is 19.9 Å². The maximum absolute atomic E-state index is 13.0. The minimum Gasteiger partial charge on any atom is -0.487 e. The van der Waals surface area contributed by atoms with Crippen LogP contribution >= 0.6 is 0 Å². The van der Waals surface area contributed by atoms with Gasteiger partial charge < -0.3 is 20.1 Å². The molecule has 2 N–H and O–H groups in total.